The van der Waals surface area contributed by atoms with Crippen LogP contribution in [0, 0.1) is 11.8 Å². The summed E-state index contributed by atoms with van der Waals surface area (Å²) in [5.41, 5.74) is 5.21. The number of hydrogen-bond donors (Lipinski definition) is 2. The van der Waals surface area contributed by atoms with Crippen LogP contribution in [0.5, 0.6) is 0 Å². The summed E-state index contributed by atoms with van der Waals surface area (Å²) in [5.74, 6) is 3.93. The summed E-state index contributed by atoms with van der Waals surface area (Å²) in [6, 6.07) is 10.9. The number of benzene rings is 1. The standard InChI is InChI=1S/C28H26N6/c1-2-10-21-18(7-1)23-19(11-12-30-27(23)31-21)26-32-22-14-29-13-20(15-5-3-6-15)24(22)28(34-26)33-25-16-8-4-9-17(16)25/h1-2,7,10-17,25H,3-6,8-9H2,(H,30,31)(H,32,33,34)/t16-,17?,25?/m0/s1. The maximum atomic E-state index is 5.22. The molecule has 8 rings (SSSR count). The number of H-pyrrole nitrogens is 1. The highest BCUT2D eigenvalue weighted by Gasteiger charge is 2.53. The first-order chi connectivity index (χ1) is 16.8. The highest BCUT2D eigenvalue weighted by molar-refractivity contribution is 6.12. The van der Waals surface area contributed by atoms with Crippen molar-refractivity contribution in [2.24, 2.45) is 11.8 Å². The molecule has 4 heterocycles. The summed E-state index contributed by atoms with van der Waals surface area (Å²) in [6.45, 7) is 0. The second-order valence-electron chi connectivity index (χ2n) is 10.3. The van der Waals surface area contributed by atoms with E-state index in [-0.39, 0.29) is 0 Å². The van der Waals surface area contributed by atoms with Crippen molar-refractivity contribution in [1.82, 2.24) is 24.9 Å². The average molecular weight is 447 g/mol. The van der Waals surface area contributed by atoms with Crippen molar-refractivity contribution >= 4 is 38.7 Å². The summed E-state index contributed by atoms with van der Waals surface area (Å²) in [7, 11) is 0. The lowest BCUT2D eigenvalue weighted by Gasteiger charge is -2.27. The lowest BCUT2D eigenvalue weighted by atomic mass is 9.79. The van der Waals surface area contributed by atoms with E-state index in [1.54, 1.807) is 0 Å². The fourth-order valence-electron chi connectivity index (χ4n) is 6.51. The Morgan fingerprint density at radius 1 is 0.882 bits per heavy atom. The molecule has 6 nitrogen and oxygen atoms in total. The smallest absolute Gasteiger partial charge is 0.163 e. The first-order valence-corrected chi connectivity index (χ1v) is 12.6. The number of fused-ring (bicyclic) bond motifs is 5. The number of hydrogen-bond acceptors (Lipinski definition) is 5. The molecule has 0 saturated heterocycles. The zero-order valence-electron chi connectivity index (χ0n) is 19.0. The van der Waals surface area contributed by atoms with E-state index in [4.69, 9.17) is 9.97 Å². The van der Waals surface area contributed by atoms with Gasteiger partial charge in [-0.25, -0.2) is 15.0 Å². The predicted octanol–water partition coefficient (Wildman–Crippen LogP) is 6.20. The quantitative estimate of drug-likeness (QED) is 0.344. The van der Waals surface area contributed by atoms with E-state index in [1.165, 1.54) is 49.5 Å². The third-order valence-corrected chi connectivity index (χ3v) is 8.53. The van der Waals surface area contributed by atoms with Crippen LogP contribution in [0.4, 0.5) is 5.82 Å². The van der Waals surface area contributed by atoms with Crippen LogP contribution in [0.25, 0.3) is 44.2 Å². The molecule has 3 fully saturated rings. The Morgan fingerprint density at radius 2 is 1.74 bits per heavy atom. The van der Waals surface area contributed by atoms with E-state index >= 15 is 0 Å². The van der Waals surface area contributed by atoms with Crippen molar-refractivity contribution in [3.8, 4) is 11.4 Å². The minimum Gasteiger partial charge on any atom is -0.366 e. The van der Waals surface area contributed by atoms with E-state index in [1.807, 2.05) is 24.5 Å². The second-order valence-corrected chi connectivity index (χ2v) is 10.3. The monoisotopic (exact) mass is 446 g/mol. The van der Waals surface area contributed by atoms with Gasteiger partial charge in [0.2, 0.25) is 0 Å². The number of rotatable bonds is 4. The van der Waals surface area contributed by atoms with Gasteiger partial charge in [-0.15, -0.1) is 0 Å². The topological polar surface area (TPSA) is 79.4 Å². The van der Waals surface area contributed by atoms with Gasteiger partial charge in [0.1, 0.15) is 11.5 Å². The maximum absolute atomic E-state index is 5.22. The SMILES string of the molecule is c1ccc2c(c1)[nH]c1nccc(-c3nc(NC4C5CCC[C@@H]54)c4c(C5CCC5)cncc4n3)c12. The Bertz CT molecular complexity index is 1570. The molecule has 3 aliphatic rings. The van der Waals surface area contributed by atoms with Crippen molar-refractivity contribution in [3.05, 3.63) is 54.5 Å². The largest absolute Gasteiger partial charge is 0.366 e. The molecule has 6 heteroatoms. The minimum atomic E-state index is 0.549. The molecule has 0 bridgehead atoms. The summed E-state index contributed by atoms with van der Waals surface area (Å²) in [4.78, 5) is 23.0. The fraction of sp³-hybridized carbons (Fsp3) is 0.357. The van der Waals surface area contributed by atoms with Crippen LogP contribution in [0.3, 0.4) is 0 Å². The maximum Gasteiger partial charge on any atom is 0.163 e. The van der Waals surface area contributed by atoms with Gasteiger partial charge in [-0.1, -0.05) is 31.0 Å². The molecule has 0 radical (unpaired) electrons. The van der Waals surface area contributed by atoms with Crippen LogP contribution in [0.15, 0.2) is 48.9 Å². The molecule has 3 atom stereocenters. The summed E-state index contributed by atoms with van der Waals surface area (Å²) >= 11 is 0. The van der Waals surface area contributed by atoms with Gasteiger partial charge in [-0.3, -0.25) is 4.98 Å². The molecular weight excluding hydrogens is 420 g/mol. The number of aromatic nitrogens is 5. The Hall–Kier alpha value is -3.54. The van der Waals surface area contributed by atoms with Crippen molar-refractivity contribution < 1.29 is 0 Å². The molecule has 3 aliphatic carbocycles. The highest BCUT2D eigenvalue weighted by atomic mass is 15.1. The summed E-state index contributed by atoms with van der Waals surface area (Å²) in [6.07, 6.45) is 13.6. The third-order valence-electron chi connectivity index (χ3n) is 8.53. The zero-order valence-corrected chi connectivity index (χ0v) is 19.0. The van der Waals surface area contributed by atoms with Crippen molar-refractivity contribution in [1.29, 1.82) is 0 Å². The Morgan fingerprint density at radius 3 is 2.59 bits per heavy atom. The van der Waals surface area contributed by atoms with Crippen LogP contribution >= 0.6 is 0 Å². The fourth-order valence-corrected chi connectivity index (χ4v) is 6.51. The van der Waals surface area contributed by atoms with Gasteiger partial charge in [0, 0.05) is 45.7 Å². The molecule has 168 valence electrons. The van der Waals surface area contributed by atoms with E-state index in [2.05, 4.69) is 44.7 Å². The molecule has 4 aromatic heterocycles. The van der Waals surface area contributed by atoms with Gasteiger partial charge in [0.15, 0.2) is 5.82 Å². The van der Waals surface area contributed by atoms with Gasteiger partial charge in [-0.2, -0.15) is 0 Å². The highest BCUT2D eigenvalue weighted by Crippen LogP contribution is 2.54. The number of anilines is 1. The van der Waals surface area contributed by atoms with E-state index in [0.29, 0.717) is 12.0 Å². The number of nitrogens with zero attached hydrogens (tertiary/aromatic N) is 4. The van der Waals surface area contributed by atoms with Gasteiger partial charge >= 0.3 is 0 Å². The average Bonchev–Trinajstić information content (AvgIpc) is 3.16. The number of aromatic amines is 1. The van der Waals surface area contributed by atoms with Gasteiger partial charge in [0.25, 0.3) is 0 Å². The first-order valence-electron chi connectivity index (χ1n) is 12.6. The van der Waals surface area contributed by atoms with Crippen LogP contribution in [0.1, 0.15) is 50.0 Å². The summed E-state index contributed by atoms with van der Waals surface area (Å²) < 4.78 is 0. The minimum absolute atomic E-state index is 0.549. The third kappa shape index (κ3) is 2.68. The molecule has 5 aromatic rings. The van der Waals surface area contributed by atoms with E-state index < -0.39 is 0 Å². The van der Waals surface area contributed by atoms with Gasteiger partial charge in [-0.05, 0) is 61.1 Å². The van der Waals surface area contributed by atoms with E-state index in [9.17, 15) is 0 Å². The van der Waals surface area contributed by atoms with Crippen molar-refractivity contribution in [3.63, 3.8) is 0 Å². The first kappa shape index (κ1) is 18.8. The molecular formula is C28H26N6. The Labute approximate surface area is 197 Å². The Kier molecular flexibility index (Phi) is 3.87. The molecule has 0 spiro atoms. The number of nitrogens with one attached hydrogen (secondary N) is 2. The molecule has 3 saturated carbocycles. The lowest BCUT2D eigenvalue weighted by molar-refractivity contribution is 0.421. The number of pyridine rings is 2. The second kappa shape index (κ2) is 6.98. The van der Waals surface area contributed by atoms with Crippen LogP contribution in [-0.4, -0.2) is 31.0 Å². The molecule has 34 heavy (non-hydrogen) atoms. The van der Waals surface area contributed by atoms with Crippen LogP contribution < -0.4 is 5.32 Å². The van der Waals surface area contributed by atoms with Crippen LogP contribution in [-0.2, 0) is 0 Å². The molecule has 0 aliphatic heterocycles. The summed E-state index contributed by atoms with van der Waals surface area (Å²) in [5, 5.41) is 7.30. The van der Waals surface area contributed by atoms with E-state index in [0.717, 1.165) is 56.5 Å². The van der Waals surface area contributed by atoms with Gasteiger partial charge in [0.05, 0.1) is 11.7 Å². The number of para-hydroxylation sites is 1. The van der Waals surface area contributed by atoms with Crippen molar-refractivity contribution in [2.75, 3.05) is 5.32 Å². The van der Waals surface area contributed by atoms with Crippen LogP contribution in [0.2, 0.25) is 0 Å². The zero-order chi connectivity index (χ0) is 22.2. The molecule has 1 aromatic carbocycles. The lowest BCUT2D eigenvalue weighted by Crippen LogP contribution is -2.14. The normalized spacial score (nSPS) is 23.9. The van der Waals surface area contributed by atoms with Gasteiger partial charge < -0.3 is 10.3 Å². The molecule has 2 unspecified atom stereocenters. The molecule has 2 N–H and O–H groups in total. The predicted molar refractivity (Wildman–Crippen MR) is 135 cm³/mol. The van der Waals surface area contributed by atoms with Crippen molar-refractivity contribution in [2.45, 2.75) is 50.5 Å². The Balaban J connectivity index is 1.35. The molecule has 0 amide bonds.